The topological polar surface area (TPSA) is 62.5 Å². The molecule has 112 valence electrons. The van der Waals surface area contributed by atoms with Gasteiger partial charge < -0.3 is 14.6 Å². The highest BCUT2D eigenvalue weighted by Crippen LogP contribution is 2.50. The molecule has 1 aromatic carbocycles. The van der Waals surface area contributed by atoms with Gasteiger partial charge in [0.25, 0.3) is 0 Å². The number of nitrogens with zero attached hydrogens (tertiary/aromatic N) is 1. The summed E-state index contributed by atoms with van der Waals surface area (Å²) in [5.41, 5.74) is -1.20. The summed E-state index contributed by atoms with van der Waals surface area (Å²) in [7, 11) is 0. The Balaban J connectivity index is 2.12. The molecule has 0 saturated carbocycles. The smallest absolute Gasteiger partial charge is 0.124 e. The van der Waals surface area contributed by atoms with Crippen LogP contribution in [0.4, 0.5) is 0 Å². The molecule has 21 heavy (non-hydrogen) atoms. The zero-order valence-electron chi connectivity index (χ0n) is 12.5. The first-order valence-corrected chi connectivity index (χ1v) is 7.52. The number of hydrogen-bond acceptors (Lipinski definition) is 4. The second-order valence-electron chi connectivity index (χ2n) is 6.31. The molecule has 1 aromatic rings. The van der Waals surface area contributed by atoms with Crippen LogP contribution < -0.4 is 4.74 Å². The molecule has 4 heteroatoms. The van der Waals surface area contributed by atoms with Crippen molar-refractivity contribution in [2.75, 3.05) is 6.61 Å². The van der Waals surface area contributed by atoms with Crippen molar-refractivity contribution < 1.29 is 14.6 Å². The van der Waals surface area contributed by atoms with Gasteiger partial charge >= 0.3 is 0 Å². The third kappa shape index (κ3) is 2.12. The van der Waals surface area contributed by atoms with Gasteiger partial charge in [0.05, 0.1) is 30.5 Å². The van der Waals surface area contributed by atoms with Crippen LogP contribution in [0, 0.1) is 11.3 Å². The van der Waals surface area contributed by atoms with Crippen LogP contribution in [-0.2, 0) is 10.2 Å². The van der Waals surface area contributed by atoms with E-state index in [-0.39, 0.29) is 12.2 Å². The standard InChI is InChI=1S/C17H21NO3/c1-12-9-17(19,10-13(2)21-12)16(11-18)7-8-20-15-6-4-3-5-14(15)16/h3-6,12-13,19H,7-10H2,1-2H3. The Bertz CT molecular complexity index is 570. The van der Waals surface area contributed by atoms with Crippen LogP contribution in [0.3, 0.4) is 0 Å². The highest BCUT2D eigenvalue weighted by molar-refractivity contribution is 5.48. The van der Waals surface area contributed by atoms with Gasteiger partial charge in [-0.05, 0) is 19.9 Å². The van der Waals surface area contributed by atoms with E-state index in [0.29, 0.717) is 31.6 Å². The lowest BCUT2D eigenvalue weighted by atomic mass is 9.61. The summed E-state index contributed by atoms with van der Waals surface area (Å²) >= 11 is 0. The van der Waals surface area contributed by atoms with Gasteiger partial charge in [0.15, 0.2) is 0 Å². The SMILES string of the molecule is CC1CC(O)(C2(C#N)CCOc3ccccc32)CC(C)O1. The molecule has 0 spiro atoms. The Morgan fingerprint density at radius 2 is 1.90 bits per heavy atom. The number of ether oxygens (including phenoxy) is 2. The summed E-state index contributed by atoms with van der Waals surface area (Å²) in [5.74, 6) is 0.713. The summed E-state index contributed by atoms with van der Waals surface area (Å²) in [6, 6.07) is 10.0. The maximum absolute atomic E-state index is 11.4. The van der Waals surface area contributed by atoms with Gasteiger partial charge in [0, 0.05) is 24.8 Å². The molecular formula is C17H21NO3. The largest absolute Gasteiger partial charge is 0.493 e. The van der Waals surface area contributed by atoms with E-state index in [1.54, 1.807) is 0 Å². The lowest BCUT2D eigenvalue weighted by Gasteiger charge is -2.50. The summed E-state index contributed by atoms with van der Waals surface area (Å²) in [5, 5.41) is 21.3. The predicted octanol–water partition coefficient (Wildman–Crippen LogP) is 2.55. The van der Waals surface area contributed by atoms with E-state index in [0.717, 1.165) is 5.56 Å². The van der Waals surface area contributed by atoms with Crippen LogP contribution >= 0.6 is 0 Å². The van der Waals surface area contributed by atoms with E-state index in [9.17, 15) is 10.4 Å². The van der Waals surface area contributed by atoms with Gasteiger partial charge in [-0.15, -0.1) is 0 Å². The quantitative estimate of drug-likeness (QED) is 0.862. The first-order valence-electron chi connectivity index (χ1n) is 7.52. The molecule has 1 saturated heterocycles. The molecule has 2 aliphatic rings. The molecule has 0 bridgehead atoms. The van der Waals surface area contributed by atoms with Crippen LogP contribution in [0.25, 0.3) is 0 Å². The number of hydrogen-bond donors (Lipinski definition) is 1. The fraction of sp³-hybridized carbons (Fsp3) is 0.588. The number of aliphatic hydroxyl groups is 1. The summed E-state index contributed by atoms with van der Waals surface area (Å²) in [6.07, 6.45) is 1.34. The van der Waals surface area contributed by atoms with Crippen molar-refractivity contribution in [3.05, 3.63) is 29.8 Å². The van der Waals surface area contributed by atoms with Crippen molar-refractivity contribution in [3.63, 3.8) is 0 Å². The van der Waals surface area contributed by atoms with Crippen molar-refractivity contribution >= 4 is 0 Å². The van der Waals surface area contributed by atoms with Crippen molar-refractivity contribution in [1.82, 2.24) is 0 Å². The normalized spacial score (nSPS) is 39.0. The van der Waals surface area contributed by atoms with E-state index < -0.39 is 11.0 Å². The Morgan fingerprint density at radius 1 is 1.24 bits per heavy atom. The fourth-order valence-corrected chi connectivity index (χ4v) is 3.97. The third-order valence-corrected chi connectivity index (χ3v) is 4.78. The minimum Gasteiger partial charge on any atom is -0.493 e. The molecule has 2 aliphatic heterocycles. The first-order chi connectivity index (χ1) is 10.0. The summed E-state index contributed by atoms with van der Waals surface area (Å²) in [4.78, 5) is 0. The van der Waals surface area contributed by atoms with Gasteiger partial charge in [0.1, 0.15) is 11.2 Å². The van der Waals surface area contributed by atoms with Crippen molar-refractivity contribution in [3.8, 4) is 11.8 Å². The van der Waals surface area contributed by atoms with E-state index in [4.69, 9.17) is 9.47 Å². The van der Waals surface area contributed by atoms with Gasteiger partial charge in [-0.3, -0.25) is 0 Å². The second-order valence-corrected chi connectivity index (χ2v) is 6.31. The maximum atomic E-state index is 11.4. The minimum atomic E-state index is -1.08. The minimum absolute atomic E-state index is 0.0565. The first kappa shape index (κ1) is 14.4. The molecule has 0 aromatic heterocycles. The number of fused-ring (bicyclic) bond motifs is 1. The van der Waals surface area contributed by atoms with Crippen molar-refractivity contribution in [2.45, 2.75) is 56.3 Å². The fourth-order valence-electron chi connectivity index (χ4n) is 3.97. The van der Waals surface area contributed by atoms with E-state index in [1.165, 1.54) is 0 Å². The van der Waals surface area contributed by atoms with E-state index in [1.807, 2.05) is 38.1 Å². The Morgan fingerprint density at radius 3 is 2.57 bits per heavy atom. The molecule has 1 N–H and O–H groups in total. The summed E-state index contributed by atoms with van der Waals surface area (Å²) in [6.45, 7) is 4.37. The molecule has 3 atom stereocenters. The van der Waals surface area contributed by atoms with Crippen LogP contribution in [0.1, 0.15) is 38.7 Å². The lowest BCUT2D eigenvalue weighted by Crippen LogP contribution is -2.58. The van der Waals surface area contributed by atoms with Gasteiger partial charge in [0.2, 0.25) is 0 Å². The number of benzene rings is 1. The van der Waals surface area contributed by atoms with Crippen LogP contribution in [0.5, 0.6) is 5.75 Å². The zero-order valence-corrected chi connectivity index (χ0v) is 12.5. The number of nitriles is 1. The molecule has 2 heterocycles. The van der Waals surface area contributed by atoms with Gasteiger partial charge in [-0.1, -0.05) is 18.2 Å². The van der Waals surface area contributed by atoms with E-state index >= 15 is 0 Å². The summed E-state index contributed by atoms with van der Waals surface area (Å²) < 4.78 is 11.4. The third-order valence-electron chi connectivity index (χ3n) is 4.78. The highest BCUT2D eigenvalue weighted by Gasteiger charge is 2.57. The van der Waals surface area contributed by atoms with Crippen LogP contribution in [-0.4, -0.2) is 29.5 Å². The van der Waals surface area contributed by atoms with Crippen molar-refractivity contribution in [2.24, 2.45) is 0 Å². The molecule has 0 radical (unpaired) electrons. The van der Waals surface area contributed by atoms with Crippen molar-refractivity contribution in [1.29, 1.82) is 5.26 Å². The average molecular weight is 287 g/mol. The lowest BCUT2D eigenvalue weighted by molar-refractivity contribution is -0.159. The predicted molar refractivity (Wildman–Crippen MR) is 78.0 cm³/mol. The molecule has 0 aliphatic carbocycles. The monoisotopic (exact) mass is 287 g/mol. The molecular weight excluding hydrogens is 266 g/mol. The average Bonchev–Trinajstić information content (AvgIpc) is 2.45. The Hall–Kier alpha value is -1.57. The zero-order chi connectivity index (χ0) is 15.1. The van der Waals surface area contributed by atoms with Gasteiger partial charge in [-0.25, -0.2) is 0 Å². The number of para-hydroxylation sites is 1. The molecule has 3 rings (SSSR count). The van der Waals surface area contributed by atoms with Crippen LogP contribution in [0.15, 0.2) is 24.3 Å². The molecule has 3 unspecified atom stereocenters. The van der Waals surface area contributed by atoms with Crippen LogP contribution in [0.2, 0.25) is 0 Å². The molecule has 4 nitrogen and oxygen atoms in total. The number of rotatable bonds is 1. The Labute approximate surface area is 125 Å². The second kappa shape index (κ2) is 5.01. The molecule has 1 fully saturated rings. The highest BCUT2D eigenvalue weighted by atomic mass is 16.5. The van der Waals surface area contributed by atoms with Gasteiger partial charge in [-0.2, -0.15) is 5.26 Å². The maximum Gasteiger partial charge on any atom is 0.124 e. The van der Waals surface area contributed by atoms with E-state index in [2.05, 4.69) is 6.07 Å². The molecule has 0 amide bonds. The Kier molecular flexibility index (Phi) is 3.43.